The first-order chi connectivity index (χ1) is 9.56. The highest BCUT2D eigenvalue weighted by Gasteiger charge is 2.33. The Morgan fingerprint density at radius 2 is 2.30 bits per heavy atom. The molecule has 0 aliphatic carbocycles. The molecule has 7 heteroatoms. The van der Waals surface area contributed by atoms with Gasteiger partial charge in [-0.3, -0.25) is 14.3 Å². The third-order valence-corrected chi connectivity index (χ3v) is 3.62. The number of rotatable bonds is 3. The number of likely N-dealkylation sites (N-methyl/N-ethyl adjacent to an activating group) is 1. The van der Waals surface area contributed by atoms with Crippen LogP contribution in [0, 0.1) is 6.92 Å². The molecular formula is C13H21N5O2. The van der Waals surface area contributed by atoms with Crippen LogP contribution in [0.3, 0.4) is 0 Å². The van der Waals surface area contributed by atoms with Gasteiger partial charge >= 0.3 is 0 Å². The van der Waals surface area contributed by atoms with Crippen molar-refractivity contribution < 1.29 is 9.59 Å². The third kappa shape index (κ3) is 2.67. The third-order valence-electron chi connectivity index (χ3n) is 3.62. The maximum absolute atomic E-state index is 12.6. The van der Waals surface area contributed by atoms with E-state index in [1.165, 1.54) is 0 Å². The fourth-order valence-corrected chi connectivity index (χ4v) is 2.34. The zero-order valence-electron chi connectivity index (χ0n) is 12.1. The van der Waals surface area contributed by atoms with Crippen LogP contribution < -0.4 is 10.6 Å². The van der Waals surface area contributed by atoms with Gasteiger partial charge in [-0.1, -0.05) is 0 Å². The molecule has 2 N–H and O–H groups in total. The first kappa shape index (κ1) is 14.5. The molecule has 7 nitrogen and oxygen atoms in total. The predicted molar refractivity (Wildman–Crippen MR) is 74.3 cm³/mol. The second-order valence-electron chi connectivity index (χ2n) is 4.88. The molecule has 0 radical (unpaired) electrons. The maximum Gasteiger partial charge on any atom is 0.258 e. The number of hydrogen-bond donors (Lipinski definition) is 2. The molecule has 1 fully saturated rings. The minimum atomic E-state index is -0.462. The largest absolute Gasteiger partial charge is 0.355 e. The van der Waals surface area contributed by atoms with Gasteiger partial charge in [0.25, 0.3) is 5.91 Å². The Kier molecular flexibility index (Phi) is 4.39. The van der Waals surface area contributed by atoms with Gasteiger partial charge in [-0.05, 0) is 13.8 Å². The summed E-state index contributed by atoms with van der Waals surface area (Å²) in [6, 6.07) is -0.462. The first-order valence-corrected chi connectivity index (χ1v) is 6.84. The Morgan fingerprint density at radius 3 is 2.90 bits per heavy atom. The van der Waals surface area contributed by atoms with E-state index in [2.05, 4.69) is 15.7 Å². The standard InChI is InChI=1S/C13H21N5O2/c1-4-15-12(19)11-8-14-5-6-18(11)13(20)10-7-16-17(3)9(10)2/h7,11,14H,4-6,8H2,1-3H3,(H,15,19). The van der Waals surface area contributed by atoms with Crippen LogP contribution in [0.15, 0.2) is 6.20 Å². The van der Waals surface area contributed by atoms with Crippen LogP contribution >= 0.6 is 0 Å². The van der Waals surface area contributed by atoms with Crippen molar-refractivity contribution in [2.45, 2.75) is 19.9 Å². The minimum absolute atomic E-state index is 0.116. The van der Waals surface area contributed by atoms with Gasteiger partial charge in [0, 0.05) is 38.9 Å². The molecule has 1 aromatic rings. The van der Waals surface area contributed by atoms with Crippen molar-refractivity contribution in [2.75, 3.05) is 26.2 Å². The van der Waals surface area contributed by atoms with Crippen molar-refractivity contribution in [3.05, 3.63) is 17.5 Å². The topological polar surface area (TPSA) is 79.3 Å². The van der Waals surface area contributed by atoms with Gasteiger partial charge in [0.15, 0.2) is 0 Å². The predicted octanol–water partition coefficient (Wildman–Crippen LogP) is -0.721. The van der Waals surface area contributed by atoms with E-state index in [0.717, 1.165) is 5.69 Å². The highest BCUT2D eigenvalue weighted by molar-refractivity contribution is 5.98. The smallest absolute Gasteiger partial charge is 0.258 e. The zero-order valence-corrected chi connectivity index (χ0v) is 12.1. The summed E-state index contributed by atoms with van der Waals surface area (Å²) in [5, 5.41) is 10.0. The molecule has 0 aromatic carbocycles. The molecule has 1 saturated heterocycles. The minimum Gasteiger partial charge on any atom is -0.355 e. The quantitative estimate of drug-likeness (QED) is 0.765. The van der Waals surface area contributed by atoms with Gasteiger partial charge in [0.2, 0.25) is 5.91 Å². The summed E-state index contributed by atoms with van der Waals surface area (Å²) < 4.78 is 1.66. The van der Waals surface area contributed by atoms with Gasteiger partial charge < -0.3 is 15.5 Å². The summed E-state index contributed by atoms with van der Waals surface area (Å²) in [6.07, 6.45) is 1.56. The average Bonchev–Trinajstić information content (AvgIpc) is 2.78. The maximum atomic E-state index is 12.6. The SMILES string of the molecule is CCNC(=O)C1CNCCN1C(=O)c1cnn(C)c1C. The van der Waals surface area contributed by atoms with Gasteiger partial charge in [0.1, 0.15) is 6.04 Å². The van der Waals surface area contributed by atoms with E-state index in [1.54, 1.807) is 22.8 Å². The number of aromatic nitrogens is 2. The van der Waals surface area contributed by atoms with Crippen molar-refractivity contribution in [1.82, 2.24) is 25.3 Å². The molecular weight excluding hydrogens is 258 g/mol. The van der Waals surface area contributed by atoms with Crippen LogP contribution in [0.2, 0.25) is 0 Å². The number of amides is 2. The van der Waals surface area contributed by atoms with Crippen LogP contribution in [0.4, 0.5) is 0 Å². The van der Waals surface area contributed by atoms with Crippen LogP contribution in [0.5, 0.6) is 0 Å². The van der Waals surface area contributed by atoms with Crippen LogP contribution in [-0.2, 0) is 11.8 Å². The van der Waals surface area contributed by atoms with Gasteiger partial charge in [0.05, 0.1) is 11.8 Å². The molecule has 110 valence electrons. The van der Waals surface area contributed by atoms with Crippen molar-refractivity contribution in [2.24, 2.45) is 7.05 Å². The second kappa shape index (κ2) is 6.04. The Balaban J connectivity index is 2.21. The van der Waals surface area contributed by atoms with Gasteiger partial charge in [-0.25, -0.2) is 0 Å². The van der Waals surface area contributed by atoms with E-state index in [-0.39, 0.29) is 11.8 Å². The molecule has 0 bridgehead atoms. The Morgan fingerprint density at radius 1 is 1.55 bits per heavy atom. The normalized spacial score (nSPS) is 18.9. The summed E-state index contributed by atoms with van der Waals surface area (Å²) in [5.41, 5.74) is 1.37. The van der Waals surface area contributed by atoms with E-state index < -0.39 is 6.04 Å². The second-order valence-corrected chi connectivity index (χ2v) is 4.88. The molecule has 2 rings (SSSR count). The average molecular weight is 279 g/mol. The molecule has 2 amide bonds. The molecule has 0 spiro atoms. The van der Waals surface area contributed by atoms with Crippen molar-refractivity contribution in [1.29, 1.82) is 0 Å². The summed E-state index contributed by atoms with van der Waals surface area (Å²) in [7, 11) is 1.80. The first-order valence-electron chi connectivity index (χ1n) is 6.84. The number of aryl methyl sites for hydroxylation is 1. The van der Waals surface area contributed by atoms with Crippen LogP contribution in [-0.4, -0.2) is 58.7 Å². The molecule has 20 heavy (non-hydrogen) atoms. The van der Waals surface area contributed by atoms with Gasteiger partial charge in [-0.15, -0.1) is 0 Å². The fraction of sp³-hybridized carbons (Fsp3) is 0.615. The number of carbonyl (C=O) groups excluding carboxylic acids is 2. The number of hydrogen-bond acceptors (Lipinski definition) is 4. The van der Waals surface area contributed by atoms with E-state index in [0.29, 0.717) is 31.7 Å². The lowest BCUT2D eigenvalue weighted by atomic mass is 10.1. The fourth-order valence-electron chi connectivity index (χ4n) is 2.34. The number of nitrogens with one attached hydrogen (secondary N) is 2. The summed E-state index contributed by atoms with van der Waals surface area (Å²) in [6.45, 7) is 5.98. The van der Waals surface area contributed by atoms with Crippen LogP contribution in [0.1, 0.15) is 23.0 Å². The lowest BCUT2D eigenvalue weighted by molar-refractivity contribution is -0.126. The molecule has 1 atom stereocenters. The van der Waals surface area contributed by atoms with Crippen LogP contribution in [0.25, 0.3) is 0 Å². The summed E-state index contributed by atoms with van der Waals surface area (Å²) in [4.78, 5) is 26.3. The lowest BCUT2D eigenvalue weighted by Gasteiger charge is -2.35. The molecule has 1 aromatic heterocycles. The zero-order chi connectivity index (χ0) is 14.7. The summed E-state index contributed by atoms with van der Waals surface area (Å²) >= 11 is 0. The number of carbonyl (C=O) groups is 2. The lowest BCUT2D eigenvalue weighted by Crippen LogP contribution is -2.59. The summed E-state index contributed by atoms with van der Waals surface area (Å²) in [5.74, 6) is -0.247. The van der Waals surface area contributed by atoms with Crippen molar-refractivity contribution in [3.8, 4) is 0 Å². The van der Waals surface area contributed by atoms with Crippen molar-refractivity contribution >= 4 is 11.8 Å². The highest BCUT2D eigenvalue weighted by atomic mass is 16.2. The molecule has 1 aliphatic rings. The van der Waals surface area contributed by atoms with E-state index in [4.69, 9.17) is 0 Å². The van der Waals surface area contributed by atoms with E-state index in [1.807, 2.05) is 13.8 Å². The number of piperazine rings is 1. The Bertz CT molecular complexity index is 511. The Labute approximate surface area is 118 Å². The molecule has 2 heterocycles. The highest BCUT2D eigenvalue weighted by Crippen LogP contribution is 2.13. The molecule has 1 aliphatic heterocycles. The molecule has 0 saturated carbocycles. The van der Waals surface area contributed by atoms with E-state index >= 15 is 0 Å². The monoisotopic (exact) mass is 279 g/mol. The van der Waals surface area contributed by atoms with Crippen molar-refractivity contribution in [3.63, 3.8) is 0 Å². The van der Waals surface area contributed by atoms with Gasteiger partial charge in [-0.2, -0.15) is 5.10 Å². The van der Waals surface area contributed by atoms with E-state index in [9.17, 15) is 9.59 Å². The Hall–Kier alpha value is -1.89. The number of nitrogens with zero attached hydrogens (tertiary/aromatic N) is 3. The molecule has 1 unspecified atom stereocenters.